The van der Waals surface area contributed by atoms with Crippen molar-refractivity contribution in [3.8, 4) is 0 Å². The van der Waals surface area contributed by atoms with Gasteiger partial charge >= 0.3 is 0 Å². The summed E-state index contributed by atoms with van der Waals surface area (Å²) >= 11 is 6.08. The molecule has 0 radical (unpaired) electrons. The molecule has 0 fully saturated rings. The van der Waals surface area contributed by atoms with Crippen LogP contribution in [0.2, 0.25) is 5.02 Å². The molecular weight excluding hydrogens is 352 g/mol. The Morgan fingerprint density at radius 2 is 1.83 bits per heavy atom. The Labute approximate surface area is 145 Å². The molecule has 0 spiro atoms. The number of anilines is 2. The minimum absolute atomic E-state index is 0.0991. The first-order valence-corrected chi connectivity index (χ1v) is 8.86. The summed E-state index contributed by atoms with van der Waals surface area (Å²) in [6.45, 7) is 1.78. The summed E-state index contributed by atoms with van der Waals surface area (Å²) in [5.74, 6) is -0.354. The van der Waals surface area contributed by atoms with E-state index in [1.807, 2.05) is 6.92 Å². The Morgan fingerprint density at radius 3 is 2.42 bits per heavy atom. The molecule has 0 heterocycles. The fraction of sp³-hybridized carbons (Fsp3) is 0.188. The zero-order valence-corrected chi connectivity index (χ0v) is 14.7. The highest BCUT2D eigenvalue weighted by molar-refractivity contribution is 7.92. The lowest BCUT2D eigenvalue weighted by Crippen LogP contribution is -2.17. The number of ether oxygens (including phenoxy) is 1. The fourth-order valence-corrected chi connectivity index (χ4v) is 3.21. The summed E-state index contributed by atoms with van der Waals surface area (Å²) in [4.78, 5) is 11.6. The van der Waals surface area contributed by atoms with Gasteiger partial charge in [-0.1, -0.05) is 29.3 Å². The number of carbonyl (C=O) groups is 1. The van der Waals surface area contributed by atoms with Gasteiger partial charge in [-0.15, -0.1) is 0 Å². The zero-order valence-electron chi connectivity index (χ0n) is 13.2. The molecule has 0 aliphatic heterocycles. The number of amides is 1. The van der Waals surface area contributed by atoms with Gasteiger partial charge in [0.25, 0.3) is 10.0 Å². The molecule has 2 aromatic carbocycles. The van der Waals surface area contributed by atoms with Crippen LogP contribution in [-0.4, -0.2) is 28.0 Å². The summed E-state index contributed by atoms with van der Waals surface area (Å²) < 4.78 is 31.8. The maximum atomic E-state index is 12.3. The first kappa shape index (κ1) is 18.3. The van der Waals surface area contributed by atoms with Crippen LogP contribution < -0.4 is 10.0 Å². The van der Waals surface area contributed by atoms with Crippen molar-refractivity contribution in [2.45, 2.75) is 11.8 Å². The van der Waals surface area contributed by atoms with Crippen molar-refractivity contribution in [2.24, 2.45) is 0 Å². The third-order valence-corrected chi connectivity index (χ3v) is 4.81. The Morgan fingerprint density at radius 1 is 1.17 bits per heavy atom. The second-order valence-electron chi connectivity index (χ2n) is 5.09. The number of hydrogen-bond donors (Lipinski definition) is 2. The number of sulfonamides is 1. The summed E-state index contributed by atoms with van der Waals surface area (Å²) in [5, 5.41) is 2.78. The second kappa shape index (κ2) is 7.65. The van der Waals surface area contributed by atoms with E-state index in [-0.39, 0.29) is 22.4 Å². The van der Waals surface area contributed by atoms with Crippen LogP contribution in [0.5, 0.6) is 0 Å². The van der Waals surface area contributed by atoms with Crippen molar-refractivity contribution < 1.29 is 17.9 Å². The average molecular weight is 369 g/mol. The van der Waals surface area contributed by atoms with Crippen LogP contribution in [-0.2, 0) is 19.6 Å². The number of carbonyl (C=O) groups excluding carboxylic acids is 1. The molecule has 6 nitrogen and oxygen atoms in total. The number of nitrogens with one attached hydrogen (secondary N) is 2. The predicted octanol–water partition coefficient (Wildman–Crippen LogP) is 3.03. The third-order valence-electron chi connectivity index (χ3n) is 3.10. The molecule has 0 saturated carbocycles. The van der Waals surface area contributed by atoms with E-state index >= 15 is 0 Å². The van der Waals surface area contributed by atoms with Crippen molar-refractivity contribution in [1.29, 1.82) is 0 Å². The van der Waals surface area contributed by atoms with Crippen LogP contribution in [0.1, 0.15) is 5.56 Å². The van der Waals surface area contributed by atoms with E-state index in [0.29, 0.717) is 11.4 Å². The monoisotopic (exact) mass is 368 g/mol. The van der Waals surface area contributed by atoms with Crippen molar-refractivity contribution in [1.82, 2.24) is 0 Å². The van der Waals surface area contributed by atoms with Crippen LogP contribution in [0.25, 0.3) is 0 Å². The lowest BCUT2D eigenvalue weighted by Gasteiger charge is -2.11. The largest absolute Gasteiger partial charge is 0.375 e. The summed E-state index contributed by atoms with van der Waals surface area (Å²) in [5.41, 5.74) is 1.63. The summed E-state index contributed by atoms with van der Waals surface area (Å²) in [7, 11) is -2.30. The van der Waals surface area contributed by atoms with Gasteiger partial charge in [0.2, 0.25) is 5.91 Å². The lowest BCUT2D eigenvalue weighted by atomic mass is 10.2. The molecule has 0 atom stereocenters. The van der Waals surface area contributed by atoms with Crippen LogP contribution >= 0.6 is 11.6 Å². The van der Waals surface area contributed by atoms with Gasteiger partial charge in [-0.05, 0) is 37.3 Å². The van der Waals surface area contributed by atoms with E-state index in [9.17, 15) is 13.2 Å². The summed E-state index contributed by atoms with van der Waals surface area (Å²) in [6, 6.07) is 10.9. The highest BCUT2D eigenvalue weighted by Gasteiger charge is 2.15. The van der Waals surface area contributed by atoms with E-state index in [4.69, 9.17) is 16.3 Å². The van der Waals surface area contributed by atoms with Crippen molar-refractivity contribution in [3.63, 3.8) is 0 Å². The average Bonchev–Trinajstić information content (AvgIpc) is 2.50. The van der Waals surface area contributed by atoms with Gasteiger partial charge in [-0.3, -0.25) is 9.52 Å². The minimum atomic E-state index is -3.71. The molecule has 128 valence electrons. The van der Waals surface area contributed by atoms with Gasteiger partial charge in [0, 0.05) is 7.11 Å². The van der Waals surface area contributed by atoms with E-state index in [0.717, 1.165) is 5.56 Å². The Balaban J connectivity index is 2.17. The molecule has 1 amide bonds. The van der Waals surface area contributed by atoms with Gasteiger partial charge in [0.05, 0.1) is 21.3 Å². The minimum Gasteiger partial charge on any atom is -0.375 e. The van der Waals surface area contributed by atoms with Crippen molar-refractivity contribution in [3.05, 3.63) is 53.1 Å². The van der Waals surface area contributed by atoms with E-state index in [1.54, 1.807) is 12.1 Å². The van der Waals surface area contributed by atoms with Crippen LogP contribution in [0.15, 0.2) is 47.4 Å². The highest BCUT2D eigenvalue weighted by atomic mass is 35.5. The molecule has 2 aromatic rings. The number of aryl methyl sites for hydroxylation is 1. The standard InChI is InChI=1S/C16H17ClN2O4S/c1-11-3-6-13(7-4-11)24(21,22)19-12-5-8-15(14(17)9-12)18-16(20)10-23-2/h3-9,19H,10H2,1-2H3,(H,18,20). The maximum absolute atomic E-state index is 12.3. The topological polar surface area (TPSA) is 84.5 Å². The van der Waals surface area contributed by atoms with Gasteiger partial charge in [0.1, 0.15) is 6.61 Å². The molecule has 0 saturated heterocycles. The number of halogens is 1. The van der Waals surface area contributed by atoms with Gasteiger partial charge < -0.3 is 10.1 Å². The number of methoxy groups -OCH3 is 1. The molecule has 24 heavy (non-hydrogen) atoms. The highest BCUT2D eigenvalue weighted by Crippen LogP contribution is 2.27. The van der Waals surface area contributed by atoms with Crippen LogP contribution in [0.4, 0.5) is 11.4 Å². The lowest BCUT2D eigenvalue weighted by molar-refractivity contribution is -0.119. The van der Waals surface area contributed by atoms with Gasteiger partial charge in [0.15, 0.2) is 0 Å². The molecular formula is C16H17ClN2O4S. The number of rotatable bonds is 6. The quantitative estimate of drug-likeness (QED) is 0.820. The van der Waals surface area contributed by atoms with Crippen LogP contribution in [0.3, 0.4) is 0 Å². The van der Waals surface area contributed by atoms with Crippen molar-refractivity contribution in [2.75, 3.05) is 23.8 Å². The normalized spacial score (nSPS) is 11.1. The Bertz CT molecular complexity index is 836. The number of benzene rings is 2. The molecule has 2 rings (SSSR count). The SMILES string of the molecule is COCC(=O)Nc1ccc(NS(=O)(=O)c2ccc(C)cc2)cc1Cl. The molecule has 0 aliphatic rings. The Kier molecular flexibility index (Phi) is 5.82. The molecule has 8 heteroatoms. The third kappa shape index (κ3) is 4.70. The number of hydrogen-bond acceptors (Lipinski definition) is 4. The second-order valence-corrected chi connectivity index (χ2v) is 7.18. The molecule has 0 unspecified atom stereocenters. The molecule has 0 bridgehead atoms. The van der Waals surface area contributed by atoms with Crippen molar-refractivity contribution >= 4 is 38.9 Å². The fourth-order valence-electron chi connectivity index (χ4n) is 1.93. The van der Waals surface area contributed by atoms with Gasteiger partial charge in [-0.25, -0.2) is 8.42 Å². The first-order valence-electron chi connectivity index (χ1n) is 6.99. The molecule has 2 N–H and O–H groups in total. The van der Waals surface area contributed by atoms with Gasteiger partial charge in [-0.2, -0.15) is 0 Å². The zero-order chi connectivity index (χ0) is 17.7. The van der Waals surface area contributed by atoms with Crippen LogP contribution in [0, 0.1) is 6.92 Å². The smallest absolute Gasteiger partial charge is 0.261 e. The summed E-state index contributed by atoms with van der Waals surface area (Å²) in [6.07, 6.45) is 0. The molecule has 0 aliphatic carbocycles. The molecule has 0 aromatic heterocycles. The van der Waals surface area contributed by atoms with E-state index in [2.05, 4.69) is 10.0 Å². The van der Waals surface area contributed by atoms with E-state index < -0.39 is 10.0 Å². The predicted molar refractivity (Wildman–Crippen MR) is 93.9 cm³/mol. The van der Waals surface area contributed by atoms with E-state index in [1.165, 1.54) is 37.4 Å². The Hall–Kier alpha value is -2.09. The first-order chi connectivity index (χ1) is 11.3. The maximum Gasteiger partial charge on any atom is 0.261 e.